The molecule has 0 spiro atoms. The van der Waals surface area contributed by atoms with Crippen molar-refractivity contribution in [3.63, 3.8) is 0 Å². The number of anilines is 1. The maximum Gasteiger partial charge on any atom is 0.255 e. The summed E-state index contributed by atoms with van der Waals surface area (Å²) >= 11 is 0. The molecule has 3 rings (SSSR count). The van der Waals surface area contributed by atoms with Crippen LogP contribution in [0.2, 0.25) is 0 Å². The normalized spacial score (nSPS) is 14.8. The Balaban J connectivity index is 1.69. The number of likely N-dealkylation sites (tertiary alicyclic amines) is 1. The predicted molar refractivity (Wildman–Crippen MR) is 108 cm³/mol. The van der Waals surface area contributed by atoms with Crippen molar-refractivity contribution in [2.24, 2.45) is 5.92 Å². The highest BCUT2D eigenvalue weighted by molar-refractivity contribution is 6.05. The average Bonchev–Trinajstić information content (AvgIpc) is 2.70. The molecule has 0 atom stereocenters. The minimum absolute atomic E-state index is 0.0353. The van der Waals surface area contributed by atoms with Crippen LogP contribution in [0.3, 0.4) is 0 Å². The predicted octanol–water partition coefficient (Wildman–Crippen LogP) is 3.32. The Morgan fingerprint density at radius 3 is 2.41 bits per heavy atom. The van der Waals surface area contributed by atoms with Gasteiger partial charge in [-0.1, -0.05) is 24.3 Å². The molecule has 0 aromatic heterocycles. The molecule has 1 aliphatic rings. The van der Waals surface area contributed by atoms with Crippen molar-refractivity contribution in [1.82, 2.24) is 10.2 Å². The minimum Gasteiger partial charge on any atom is -0.339 e. The van der Waals surface area contributed by atoms with E-state index in [0.717, 1.165) is 38.0 Å². The van der Waals surface area contributed by atoms with E-state index in [9.17, 15) is 9.59 Å². The standard InChI is InChI=1S/C22H27N3O2/c1-16-8-9-19(22(27)25-12-10-17(11-13-25)15-23-2)14-20(16)24-21(26)18-6-4-3-5-7-18/h3-9,14,17,23H,10-13,15H2,1-2H3,(H,24,26). The maximum atomic E-state index is 12.9. The Labute approximate surface area is 160 Å². The van der Waals surface area contributed by atoms with E-state index in [2.05, 4.69) is 10.6 Å². The fourth-order valence-electron chi connectivity index (χ4n) is 3.49. The Hall–Kier alpha value is -2.66. The lowest BCUT2D eigenvalue weighted by Crippen LogP contribution is -2.40. The van der Waals surface area contributed by atoms with E-state index in [1.807, 2.05) is 49.2 Å². The van der Waals surface area contributed by atoms with Crippen molar-refractivity contribution in [2.45, 2.75) is 19.8 Å². The lowest BCUT2D eigenvalue weighted by atomic mass is 9.96. The molecule has 2 aromatic carbocycles. The van der Waals surface area contributed by atoms with Crippen molar-refractivity contribution >= 4 is 17.5 Å². The van der Waals surface area contributed by atoms with Crippen LogP contribution in [0.1, 0.15) is 39.1 Å². The SMILES string of the molecule is CNCC1CCN(C(=O)c2ccc(C)c(NC(=O)c3ccccc3)c2)CC1. The first kappa shape index (κ1) is 19.1. The second kappa shape index (κ2) is 8.82. The highest BCUT2D eigenvalue weighted by Crippen LogP contribution is 2.22. The minimum atomic E-state index is -0.170. The number of rotatable bonds is 5. The number of hydrogen-bond acceptors (Lipinski definition) is 3. The van der Waals surface area contributed by atoms with Crippen LogP contribution in [0.4, 0.5) is 5.69 Å². The summed E-state index contributed by atoms with van der Waals surface area (Å²) in [7, 11) is 1.97. The van der Waals surface area contributed by atoms with Crippen molar-refractivity contribution < 1.29 is 9.59 Å². The van der Waals surface area contributed by atoms with Gasteiger partial charge in [0.2, 0.25) is 0 Å². The summed E-state index contributed by atoms with van der Waals surface area (Å²) in [6, 6.07) is 14.6. The Bertz CT molecular complexity index is 796. The number of benzene rings is 2. The van der Waals surface area contributed by atoms with Crippen molar-refractivity contribution in [1.29, 1.82) is 0 Å². The smallest absolute Gasteiger partial charge is 0.255 e. The molecule has 2 amide bonds. The summed E-state index contributed by atoms with van der Waals surface area (Å²) in [5.74, 6) is 0.502. The van der Waals surface area contributed by atoms with Crippen LogP contribution in [0.5, 0.6) is 0 Å². The van der Waals surface area contributed by atoms with Gasteiger partial charge in [-0.25, -0.2) is 0 Å². The molecule has 1 saturated heterocycles. The third-order valence-electron chi connectivity index (χ3n) is 5.16. The molecule has 0 radical (unpaired) electrons. The molecule has 0 aliphatic carbocycles. The molecule has 5 heteroatoms. The fraction of sp³-hybridized carbons (Fsp3) is 0.364. The van der Waals surface area contributed by atoms with Gasteiger partial charge in [-0.05, 0) is 69.1 Å². The molecule has 0 saturated carbocycles. The van der Waals surface area contributed by atoms with Crippen LogP contribution in [0, 0.1) is 12.8 Å². The largest absolute Gasteiger partial charge is 0.339 e. The van der Waals surface area contributed by atoms with Gasteiger partial charge in [-0.2, -0.15) is 0 Å². The lowest BCUT2D eigenvalue weighted by molar-refractivity contribution is 0.0690. The number of nitrogens with zero attached hydrogens (tertiary/aromatic N) is 1. The molecule has 0 bridgehead atoms. The molecule has 2 N–H and O–H groups in total. The van der Waals surface area contributed by atoms with Crippen LogP contribution < -0.4 is 10.6 Å². The van der Waals surface area contributed by atoms with E-state index in [1.165, 1.54) is 0 Å². The van der Waals surface area contributed by atoms with Gasteiger partial charge >= 0.3 is 0 Å². The van der Waals surface area contributed by atoms with E-state index < -0.39 is 0 Å². The second-order valence-corrected chi connectivity index (χ2v) is 7.14. The number of amides is 2. The Kier molecular flexibility index (Phi) is 6.24. The van der Waals surface area contributed by atoms with Crippen molar-refractivity contribution in [2.75, 3.05) is 32.0 Å². The van der Waals surface area contributed by atoms with Gasteiger partial charge in [-0.3, -0.25) is 9.59 Å². The fourth-order valence-corrected chi connectivity index (χ4v) is 3.49. The first-order chi connectivity index (χ1) is 13.1. The van der Waals surface area contributed by atoms with E-state index in [1.54, 1.807) is 18.2 Å². The monoisotopic (exact) mass is 365 g/mol. The molecule has 5 nitrogen and oxygen atoms in total. The molecule has 1 fully saturated rings. The zero-order chi connectivity index (χ0) is 19.2. The Morgan fingerprint density at radius 1 is 1.04 bits per heavy atom. The van der Waals surface area contributed by atoms with Gasteiger partial charge in [0.25, 0.3) is 11.8 Å². The zero-order valence-electron chi connectivity index (χ0n) is 16.0. The molecule has 1 heterocycles. The quantitative estimate of drug-likeness (QED) is 0.854. The maximum absolute atomic E-state index is 12.9. The number of nitrogens with one attached hydrogen (secondary N) is 2. The first-order valence-corrected chi connectivity index (χ1v) is 9.49. The summed E-state index contributed by atoms with van der Waals surface area (Å²) in [6.45, 7) is 4.50. The van der Waals surface area contributed by atoms with Gasteiger partial charge in [-0.15, -0.1) is 0 Å². The Morgan fingerprint density at radius 2 is 1.74 bits per heavy atom. The first-order valence-electron chi connectivity index (χ1n) is 9.49. The summed E-state index contributed by atoms with van der Waals surface area (Å²) in [6.07, 6.45) is 2.05. The van der Waals surface area contributed by atoms with E-state index in [0.29, 0.717) is 22.7 Å². The van der Waals surface area contributed by atoms with Crippen LogP contribution in [0.15, 0.2) is 48.5 Å². The highest BCUT2D eigenvalue weighted by Gasteiger charge is 2.23. The number of carbonyl (C=O) groups excluding carboxylic acids is 2. The third-order valence-corrected chi connectivity index (χ3v) is 5.16. The topological polar surface area (TPSA) is 61.4 Å². The van der Waals surface area contributed by atoms with E-state index >= 15 is 0 Å². The summed E-state index contributed by atoms with van der Waals surface area (Å²) in [4.78, 5) is 27.2. The molecule has 27 heavy (non-hydrogen) atoms. The van der Waals surface area contributed by atoms with Gasteiger partial charge < -0.3 is 15.5 Å². The molecule has 0 unspecified atom stereocenters. The van der Waals surface area contributed by atoms with Crippen molar-refractivity contribution in [3.8, 4) is 0 Å². The van der Waals surface area contributed by atoms with Gasteiger partial charge in [0.15, 0.2) is 0 Å². The molecule has 142 valence electrons. The number of carbonyl (C=O) groups is 2. The second-order valence-electron chi connectivity index (χ2n) is 7.14. The number of aryl methyl sites for hydroxylation is 1. The molecule has 2 aromatic rings. The molecular formula is C22H27N3O2. The van der Waals surface area contributed by atoms with Crippen molar-refractivity contribution in [3.05, 3.63) is 65.2 Å². The molecule has 1 aliphatic heterocycles. The zero-order valence-corrected chi connectivity index (χ0v) is 16.0. The van der Waals surface area contributed by atoms with Gasteiger partial charge in [0, 0.05) is 29.9 Å². The van der Waals surface area contributed by atoms with E-state index in [-0.39, 0.29) is 11.8 Å². The van der Waals surface area contributed by atoms with Crippen LogP contribution in [-0.2, 0) is 0 Å². The summed E-state index contributed by atoms with van der Waals surface area (Å²) < 4.78 is 0. The lowest BCUT2D eigenvalue weighted by Gasteiger charge is -2.32. The van der Waals surface area contributed by atoms with E-state index in [4.69, 9.17) is 0 Å². The average molecular weight is 365 g/mol. The van der Waals surface area contributed by atoms with Crippen LogP contribution in [-0.4, -0.2) is 43.4 Å². The summed E-state index contributed by atoms with van der Waals surface area (Å²) in [5.41, 5.74) is 2.83. The summed E-state index contributed by atoms with van der Waals surface area (Å²) in [5, 5.41) is 6.15. The number of piperidine rings is 1. The number of hydrogen-bond donors (Lipinski definition) is 2. The van der Waals surface area contributed by atoms with Crippen LogP contribution >= 0.6 is 0 Å². The van der Waals surface area contributed by atoms with Gasteiger partial charge in [0.1, 0.15) is 0 Å². The van der Waals surface area contributed by atoms with Crippen LogP contribution in [0.25, 0.3) is 0 Å². The third kappa shape index (κ3) is 4.74. The highest BCUT2D eigenvalue weighted by atomic mass is 16.2. The van der Waals surface area contributed by atoms with Gasteiger partial charge in [0.05, 0.1) is 0 Å². The molecular weight excluding hydrogens is 338 g/mol.